The van der Waals surface area contributed by atoms with E-state index in [1.54, 1.807) is 20.3 Å². The lowest BCUT2D eigenvalue weighted by molar-refractivity contribution is -0.389. The molecule has 3 rings (SSSR count). The van der Waals surface area contributed by atoms with E-state index in [9.17, 15) is 20.2 Å². The standard InChI is InChI=1S/C20H21N5O6S/c1-30-11-9-23(10-12-31-2)17-8-7-16(14-5-3-4-6-15(14)17)21-22-20-18(24(26)27)13-19(32-20)25(28)29/h3-8,13H,9-12H2,1-2H3. The molecule has 1 heterocycles. The van der Waals surface area contributed by atoms with Crippen molar-refractivity contribution in [3.05, 3.63) is 62.7 Å². The number of fused-ring (bicyclic) bond motifs is 1. The van der Waals surface area contributed by atoms with Gasteiger partial charge >= 0.3 is 10.7 Å². The fraction of sp³-hybridized carbons (Fsp3) is 0.300. The highest BCUT2D eigenvalue weighted by Crippen LogP contribution is 2.42. The van der Waals surface area contributed by atoms with Crippen LogP contribution in [-0.4, -0.2) is 50.4 Å². The number of ether oxygens (including phenoxy) is 2. The van der Waals surface area contributed by atoms with Crippen molar-refractivity contribution in [3.8, 4) is 0 Å². The third-order valence-electron chi connectivity index (χ3n) is 4.66. The van der Waals surface area contributed by atoms with Gasteiger partial charge < -0.3 is 14.4 Å². The summed E-state index contributed by atoms with van der Waals surface area (Å²) >= 11 is 0.610. The van der Waals surface area contributed by atoms with Gasteiger partial charge in [-0.2, -0.15) is 0 Å². The number of hydrogen-bond acceptors (Lipinski definition) is 10. The molecule has 0 fully saturated rings. The first-order valence-corrected chi connectivity index (χ1v) is 10.4. The van der Waals surface area contributed by atoms with Gasteiger partial charge in [-0.05, 0) is 23.5 Å². The topological polar surface area (TPSA) is 133 Å². The predicted molar refractivity (Wildman–Crippen MR) is 122 cm³/mol. The average molecular weight is 459 g/mol. The first-order valence-electron chi connectivity index (χ1n) is 9.55. The summed E-state index contributed by atoms with van der Waals surface area (Å²) in [5, 5.41) is 31.6. The fourth-order valence-electron chi connectivity index (χ4n) is 3.14. The Hall–Kier alpha value is -3.48. The summed E-state index contributed by atoms with van der Waals surface area (Å²) in [6, 6.07) is 12.2. The second-order valence-electron chi connectivity index (χ2n) is 6.61. The molecule has 168 valence electrons. The monoisotopic (exact) mass is 459 g/mol. The average Bonchev–Trinajstić information content (AvgIpc) is 3.23. The molecule has 0 aliphatic rings. The molecule has 1 aromatic heterocycles. The van der Waals surface area contributed by atoms with Crippen LogP contribution in [0.4, 0.5) is 27.1 Å². The van der Waals surface area contributed by atoms with E-state index in [0.29, 0.717) is 43.3 Å². The van der Waals surface area contributed by atoms with E-state index in [4.69, 9.17) is 9.47 Å². The summed E-state index contributed by atoms with van der Waals surface area (Å²) in [5.41, 5.74) is 1.01. The maximum absolute atomic E-state index is 11.2. The summed E-state index contributed by atoms with van der Waals surface area (Å²) < 4.78 is 10.5. The Morgan fingerprint density at radius 3 is 2.19 bits per heavy atom. The van der Waals surface area contributed by atoms with Gasteiger partial charge in [0.25, 0.3) is 0 Å². The SMILES string of the molecule is COCCN(CCOC)c1ccc(N=Nc2sc([N+](=O)[O-])cc2[N+](=O)[O-])c2ccccc12. The molecule has 0 spiro atoms. The molecule has 3 aromatic rings. The molecule has 11 nitrogen and oxygen atoms in total. The van der Waals surface area contributed by atoms with E-state index in [0.717, 1.165) is 22.5 Å². The Kier molecular flexibility index (Phi) is 7.76. The number of anilines is 1. The number of thiophene rings is 1. The van der Waals surface area contributed by atoms with E-state index in [1.165, 1.54) is 0 Å². The van der Waals surface area contributed by atoms with Crippen LogP contribution in [0.1, 0.15) is 0 Å². The van der Waals surface area contributed by atoms with Crippen molar-refractivity contribution in [3.63, 3.8) is 0 Å². The van der Waals surface area contributed by atoms with Crippen LogP contribution in [0.3, 0.4) is 0 Å². The van der Waals surface area contributed by atoms with Crippen LogP contribution < -0.4 is 4.90 Å². The van der Waals surface area contributed by atoms with Crippen LogP contribution in [0.5, 0.6) is 0 Å². The molecule has 0 amide bonds. The number of rotatable bonds is 11. The molecule has 0 aliphatic heterocycles. The first-order chi connectivity index (χ1) is 15.5. The van der Waals surface area contributed by atoms with Crippen molar-refractivity contribution in [2.75, 3.05) is 45.4 Å². The van der Waals surface area contributed by atoms with Crippen LogP contribution in [-0.2, 0) is 9.47 Å². The minimum Gasteiger partial charge on any atom is -0.383 e. The minimum atomic E-state index is -0.706. The number of methoxy groups -OCH3 is 2. The molecule has 12 heteroatoms. The van der Waals surface area contributed by atoms with Crippen LogP contribution in [0.2, 0.25) is 0 Å². The molecular weight excluding hydrogens is 438 g/mol. The van der Waals surface area contributed by atoms with Crippen molar-refractivity contribution in [1.82, 2.24) is 0 Å². The summed E-state index contributed by atoms with van der Waals surface area (Å²) in [5.74, 6) is 0. The third-order valence-corrected chi connectivity index (χ3v) is 5.62. The van der Waals surface area contributed by atoms with Gasteiger partial charge in [-0.3, -0.25) is 20.2 Å². The smallest absolute Gasteiger partial charge is 0.333 e. The van der Waals surface area contributed by atoms with E-state index >= 15 is 0 Å². The summed E-state index contributed by atoms with van der Waals surface area (Å²) in [6.45, 7) is 2.41. The molecule has 0 N–H and O–H groups in total. The van der Waals surface area contributed by atoms with Crippen molar-refractivity contribution in [2.24, 2.45) is 10.2 Å². The molecule has 0 radical (unpaired) electrons. The lowest BCUT2D eigenvalue weighted by Gasteiger charge is -2.26. The molecular formula is C20H21N5O6S. The maximum atomic E-state index is 11.2. The van der Waals surface area contributed by atoms with Crippen LogP contribution in [0.15, 0.2) is 52.7 Å². The number of benzene rings is 2. The molecule has 0 saturated carbocycles. The van der Waals surface area contributed by atoms with E-state index in [2.05, 4.69) is 15.1 Å². The highest BCUT2D eigenvalue weighted by Gasteiger charge is 2.25. The fourth-order valence-corrected chi connectivity index (χ4v) is 3.90. The molecule has 0 atom stereocenters. The predicted octanol–water partition coefficient (Wildman–Crippen LogP) is 5.23. The van der Waals surface area contributed by atoms with Crippen LogP contribution >= 0.6 is 11.3 Å². The lowest BCUT2D eigenvalue weighted by atomic mass is 10.1. The number of hydrogen-bond donors (Lipinski definition) is 0. The third kappa shape index (κ3) is 5.22. The zero-order valence-corrected chi connectivity index (χ0v) is 18.3. The highest BCUT2D eigenvalue weighted by molar-refractivity contribution is 7.19. The van der Waals surface area contributed by atoms with Crippen molar-refractivity contribution in [1.29, 1.82) is 0 Å². The maximum Gasteiger partial charge on any atom is 0.333 e. The van der Waals surface area contributed by atoms with Gasteiger partial charge in [0.2, 0.25) is 5.00 Å². The zero-order valence-electron chi connectivity index (χ0n) is 17.5. The molecule has 0 aliphatic carbocycles. The van der Waals surface area contributed by atoms with Gasteiger partial charge in [-0.15, -0.1) is 10.2 Å². The van der Waals surface area contributed by atoms with Crippen LogP contribution in [0, 0.1) is 20.2 Å². The van der Waals surface area contributed by atoms with Gasteiger partial charge in [-0.25, -0.2) is 0 Å². The van der Waals surface area contributed by atoms with Crippen molar-refractivity contribution >= 4 is 49.2 Å². The highest BCUT2D eigenvalue weighted by atomic mass is 32.1. The van der Waals surface area contributed by atoms with Crippen LogP contribution in [0.25, 0.3) is 10.8 Å². The van der Waals surface area contributed by atoms with Crippen molar-refractivity contribution in [2.45, 2.75) is 0 Å². The van der Waals surface area contributed by atoms with Gasteiger partial charge in [0.15, 0.2) is 0 Å². The summed E-state index contributed by atoms with van der Waals surface area (Å²) in [6.07, 6.45) is 0. The van der Waals surface area contributed by atoms with Gasteiger partial charge in [0.05, 0.1) is 28.7 Å². The number of nitro groups is 2. The largest absolute Gasteiger partial charge is 0.383 e. The Labute approximate surface area is 187 Å². The lowest BCUT2D eigenvalue weighted by Crippen LogP contribution is -2.30. The molecule has 2 aromatic carbocycles. The van der Waals surface area contributed by atoms with Crippen molar-refractivity contribution < 1.29 is 19.3 Å². The second kappa shape index (κ2) is 10.7. The normalized spacial score (nSPS) is 11.3. The first kappa shape index (κ1) is 23.2. The molecule has 0 unspecified atom stereocenters. The van der Waals surface area contributed by atoms with Gasteiger partial charge in [-0.1, -0.05) is 24.3 Å². The molecule has 32 heavy (non-hydrogen) atoms. The zero-order chi connectivity index (χ0) is 23.1. The Morgan fingerprint density at radius 1 is 0.938 bits per heavy atom. The minimum absolute atomic E-state index is 0.128. The summed E-state index contributed by atoms with van der Waals surface area (Å²) in [7, 11) is 3.29. The Balaban J connectivity index is 2.02. The molecule has 0 saturated heterocycles. The van der Waals surface area contributed by atoms with E-state index in [1.807, 2.05) is 30.3 Å². The van der Waals surface area contributed by atoms with Gasteiger partial charge in [0.1, 0.15) is 6.07 Å². The number of azo groups is 1. The Bertz CT molecular complexity index is 1140. The second-order valence-corrected chi connectivity index (χ2v) is 7.62. The van der Waals surface area contributed by atoms with E-state index in [-0.39, 0.29) is 10.0 Å². The summed E-state index contributed by atoms with van der Waals surface area (Å²) in [4.78, 5) is 23.0. The van der Waals surface area contributed by atoms with E-state index < -0.39 is 15.5 Å². The quantitative estimate of drug-likeness (QED) is 0.218. The Morgan fingerprint density at radius 2 is 1.59 bits per heavy atom. The van der Waals surface area contributed by atoms with Gasteiger partial charge in [0, 0.05) is 43.8 Å². The molecule has 0 bridgehead atoms. The number of nitrogens with zero attached hydrogens (tertiary/aromatic N) is 5.